The quantitative estimate of drug-likeness (QED) is 0.871. The smallest absolute Gasteiger partial charge is 0.177 e. The topological polar surface area (TPSA) is 63.4 Å². The Morgan fingerprint density at radius 3 is 2.50 bits per heavy atom. The first-order valence-corrected chi connectivity index (χ1v) is 9.03. The molecule has 20 heavy (non-hydrogen) atoms. The lowest BCUT2D eigenvalue weighted by atomic mass is 9.85. The van der Waals surface area contributed by atoms with E-state index in [-0.39, 0.29) is 4.90 Å². The molecule has 2 unspecified atom stereocenters. The molecule has 0 amide bonds. The zero-order chi connectivity index (χ0) is 14.9. The van der Waals surface area contributed by atoms with Gasteiger partial charge in [0.05, 0.1) is 16.3 Å². The number of nitrogens with two attached hydrogens (primary N) is 1. The summed E-state index contributed by atoms with van der Waals surface area (Å²) in [4.78, 5) is 2.39. The summed E-state index contributed by atoms with van der Waals surface area (Å²) in [7, 11) is -1.27. The van der Waals surface area contributed by atoms with Gasteiger partial charge >= 0.3 is 0 Å². The maximum absolute atomic E-state index is 11.8. The fourth-order valence-corrected chi connectivity index (χ4v) is 4.04. The molecule has 0 heterocycles. The van der Waals surface area contributed by atoms with Crippen molar-refractivity contribution in [1.29, 1.82) is 0 Å². The molecule has 1 aromatic carbocycles. The minimum Gasteiger partial charge on any atom is -0.396 e. The minimum atomic E-state index is -3.29. The van der Waals surface area contributed by atoms with Gasteiger partial charge in [-0.05, 0) is 30.9 Å². The predicted molar refractivity (Wildman–Crippen MR) is 83.8 cm³/mol. The zero-order valence-electron chi connectivity index (χ0n) is 12.5. The monoisotopic (exact) mass is 296 g/mol. The van der Waals surface area contributed by atoms with Crippen molar-refractivity contribution in [2.75, 3.05) is 23.9 Å². The number of nitrogens with zero attached hydrogens (tertiary/aromatic N) is 1. The molecule has 1 aromatic rings. The molecule has 1 fully saturated rings. The van der Waals surface area contributed by atoms with E-state index in [9.17, 15) is 8.42 Å². The maximum Gasteiger partial charge on any atom is 0.177 e. The van der Waals surface area contributed by atoms with Gasteiger partial charge in [-0.1, -0.05) is 25.8 Å². The van der Waals surface area contributed by atoms with Crippen LogP contribution in [0.1, 0.15) is 32.6 Å². The van der Waals surface area contributed by atoms with E-state index in [2.05, 4.69) is 11.8 Å². The van der Waals surface area contributed by atoms with E-state index in [0.717, 1.165) is 12.1 Å². The van der Waals surface area contributed by atoms with Crippen LogP contribution < -0.4 is 10.6 Å². The van der Waals surface area contributed by atoms with Crippen molar-refractivity contribution in [3.63, 3.8) is 0 Å². The van der Waals surface area contributed by atoms with Crippen LogP contribution in [0.3, 0.4) is 0 Å². The van der Waals surface area contributed by atoms with Crippen molar-refractivity contribution in [1.82, 2.24) is 0 Å². The summed E-state index contributed by atoms with van der Waals surface area (Å²) in [5.41, 5.74) is 7.30. The Labute approximate surface area is 121 Å². The van der Waals surface area contributed by atoms with Crippen molar-refractivity contribution >= 4 is 21.2 Å². The minimum absolute atomic E-state index is 0.227. The number of sulfone groups is 1. The second kappa shape index (κ2) is 5.64. The van der Waals surface area contributed by atoms with Gasteiger partial charge in [-0.15, -0.1) is 0 Å². The Balaban J connectivity index is 2.37. The second-order valence-corrected chi connectivity index (χ2v) is 7.89. The Hall–Kier alpha value is -1.23. The summed E-state index contributed by atoms with van der Waals surface area (Å²) in [5.74, 6) is 0.607. The Morgan fingerprint density at radius 2 is 1.90 bits per heavy atom. The van der Waals surface area contributed by atoms with Gasteiger partial charge in [-0.3, -0.25) is 0 Å². The fraction of sp³-hybridized carbons (Fsp3) is 0.600. The predicted octanol–water partition coefficient (Wildman–Crippen LogP) is 2.69. The van der Waals surface area contributed by atoms with Crippen molar-refractivity contribution in [3.8, 4) is 0 Å². The lowest BCUT2D eigenvalue weighted by molar-refractivity contribution is 0.322. The normalized spacial score (nSPS) is 23.6. The van der Waals surface area contributed by atoms with E-state index in [0.29, 0.717) is 17.6 Å². The van der Waals surface area contributed by atoms with Crippen LogP contribution in [0.25, 0.3) is 0 Å². The molecule has 0 aliphatic heterocycles. The molecule has 0 spiro atoms. The van der Waals surface area contributed by atoms with Crippen molar-refractivity contribution in [2.45, 2.75) is 43.5 Å². The molecule has 1 saturated carbocycles. The highest BCUT2D eigenvalue weighted by Gasteiger charge is 2.27. The van der Waals surface area contributed by atoms with Gasteiger partial charge in [0.15, 0.2) is 9.84 Å². The molecule has 112 valence electrons. The average Bonchev–Trinajstić information content (AvgIpc) is 2.37. The molecular formula is C15H24N2O2S. The van der Waals surface area contributed by atoms with Gasteiger partial charge in [-0.2, -0.15) is 0 Å². The summed E-state index contributed by atoms with van der Waals surface area (Å²) >= 11 is 0. The van der Waals surface area contributed by atoms with Gasteiger partial charge in [0, 0.05) is 19.3 Å². The van der Waals surface area contributed by atoms with Crippen LogP contribution in [0, 0.1) is 5.92 Å². The third-order valence-corrected chi connectivity index (χ3v) is 5.54. The maximum atomic E-state index is 11.8. The van der Waals surface area contributed by atoms with Gasteiger partial charge in [0.1, 0.15) is 0 Å². The van der Waals surface area contributed by atoms with Crippen LogP contribution >= 0.6 is 0 Å². The van der Waals surface area contributed by atoms with Crippen LogP contribution in [0.5, 0.6) is 0 Å². The van der Waals surface area contributed by atoms with Gasteiger partial charge in [0.25, 0.3) is 0 Å². The molecule has 4 nitrogen and oxygen atoms in total. The largest absolute Gasteiger partial charge is 0.396 e. The average molecular weight is 296 g/mol. The van der Waals surface area contributed by atoms with E-state index >= 15 is 0 Å². The number of nitrogen functional groups attached to an aromatic ring is 1. The fourth-order valence-electron chi connectivity index (χ4n) is 3.21. The number of rotatable bonds is 3. The second-order valence-electron chi connectivity index (χ2n) is 5.90. The number of hydrogen-bond acceptors (Lipinski definition) is 4. The first-order valence-electron chi connectivity index (χ1n) is 7.13. The highest BCUT2D eigenvalue weighted by Crippen LogP contribution is 2.35. The van der Waals surface area contributed by atoms with E-state index in [1.54, 1.807) is 12.1 Å². The molecule has 5 heteroatoms. The zero-order valence-corrected chi connectivity index (χ0v) is 13.3. The number of hydrogen-bond donors (Lipinski definition) is 1. The van der Waals surface area contributed by atoms with Crippen molar-refractivity contribution < 1.29 is 8.42 Å². The third-order valence-electron chi connectivity index (χ3n) is 4.39. The van der Waals surface area contributed by atoms with Crippen LogP contribution in [-0.2, 0) is 9.84 Å². The lowest BCUT2D eigenvalue weighted by Crippen LogP contribution is -2.39. The SMILES string of the molecule is CC1CCCCC1N(C)c1cccc(S(C)(=O)=O)c1N. The molecule has 2 N–H and O–H groups in total. The molecule has 0 bridgehead atoms. The van der Waals surface area contributed by atoms with Gasteiger partial charge in [-0.25, -0.2) is 8.42 Å². The summed E-state index contributed by atoms with van der Waals surface area (Å²) < 4.78 is 23.5. The molecule has 0 radical (unpaired) electrons. The highest BCUT2D eigenvalue weighted by molar-refractivity contribution is 7.90. The number of para-hydroxylation sites is 1. The van der Waals surface area contributed by atoms with Crippen LogP contribution in [0.2, 0.25) is 0 Å². The number of anilines is 2. The highest BCUT2D eigenvalue weighted by atomic mass is 32.2. The van der Waals surface area contributed by atoms with Crippen LogP contribution in [0.15, 0.2) is 23.1 Å². The van der Waals surface area contributed by atoms with Crippen LogP contribution in [0.4, 0.5) is 11.4 Å². The Kier molecular flexibility index (Phi) is 4.28. The lowest BCUT2D eigenvalue weighted by Gasteiger charge is -2.38. The Bertz CT molecular complexity index is 584. The summed E-state index contributed by atoms with van der Waals surface area (Å²) in [6, 6.07) is 5.69. The third kappa shape index (κ3) is 2.92. The van der Waals surface area contributed by atoms with E-state index < -0.39 is 9.84 Å². The summed E-state index contributed by atoms with van der Waals surface area (Å²) in [6.07, 6.45) is 6.07. The first kappa shape index (κ1) is 15.2. The molecule has 2 atom stereocenters. The van der Waals surface area contributed by atoms with Crippen molar-refractivity contribution in [3.05, 3.63) is 18.2 Å². The molecule has 1 aliphatic rings. The van der Waals surface area contributed by atoms with Crippen molar-refractivity contribution in [2.24, 2.45) is 5.92 Å². The molecule has 1 aliphatic carbocycles. The van der Waals surface area contributed by atoms with E-state index in [4.69, 9.17) is 5.73 Å². The van der Waals surface area contributed by atoms with E-state index in [1.165, 1.54) is 25.5 Å². The van der Waals surface area contributed by atoms with Gasteiger partial charge in [0.2, 0.25) is 0 Å². The first-order chi connectivity index (χ1) is 9.32. The Morgan fingerprint density at radius 1 is 1.25 bits per heavy atom. The summed E-state index contributed by atoms with van der Waals surface area (Å²) in [6.45, 7) is 2.26. The number of benzene rings is 1. The molecular weight excluding hydrogens is 272 g/mol. The standard InChI is InChI=1S/C15H24N2O2S/c1-11-7-4-5-8-12(11)17(2)13-9-6-10-14(15(13)16)20(3,18)19/h6,9-12H,4-5,7-8,16H2,1-3H3. The molecule has 0 saturated heterocycles. The molecule has 0 aromatic heterocycles. The molecule has 2 rings (SSSR count). The van der Waals surface area contributed by atoms with Gasteiger partial charge < -0.3 is 10.6 Å². The summed E-state index contributed by atoms with van der Waals surface area (Å²) in [5, 5.41) is 0. The van der Waals surface area contributed by atoms with Crippen LogP contribution in [-0.4, -0.2) is 27.8 Å². The van der Waals surface area contributed by atoms with E-state index in [1.807, 2.05) is 13.1 Å².